The molecule has 2 rings (SSSR count). The molecule has 2 aromatic rings. The van der Waals surface area contributed by atoms with Crippen molar-refractivity contribution in [2.75, 3.05) is 19.8 Å². The summed E-state index contributed by atoms with van der Waals surface area (Å²) in [5.74, 6) is 0.539. The highest BCUT2D eigenvalue weighted by molar-refractivity contribution is 6.08. The molecule has 0 heterocycles. The summed E-state index contributed by atoms with van der Waals surface area (Å²) in [6.45, 7) is 3.54. The zero-order valence-electron chi connectivity index (χ0n) is 15.2. The standard InChI is InChI=1S/C21H26O5/c1-3-21(13-22,14-23)15-25-16(2)26-19-11-9-18(10-12-19)20(24)17-7-5-4-6-8-17/h4-12,16,22-23H,3,13-15H2,1-2H3. The summed E-state index contributed by atoms with van der Waals surface area (Å²) in [7, 11) is 0. The topological polar surface area (TPSA) is 76.0 Å². The molecule has 5 heteroatoms. The normalized spacial score (nSPS) is 12.6. The van der Waals surface area contributed by atoms with E-state index in [9.17, 15) is 15.0 Å². The molecule has 2 aromatic carbocycles. The molecule has 5 nitrogen and oxygen atoms in total. The van der Waals surface area contributed by atoms with Gasteiger partial charge in [-0.25, -0.2) is 0 Å². The average Bonchev–Trinajstić information content (AvgIpc) is 2.70. The highest BCUT2D eigenvalue weighted by Crippen LogP contribution is 2.22. The summed E-state index contributed by atoms with van der Waals surface area (Å²) in [4.78, 5) is 12.4. The van der Waals surface area contributed by atoms with Crippen LogP contribution in [0.1, 0.15) is 36.2 Å². The molecule has 0 saturated carbocycles. The quantitative estimate of drug-likeness (QED) is 0.504. The zero-order chi connectivity index (χ0) is 19.0. The lowest BCUT2D eigenvalue weighted by Gasteiger charge is -2.29. The fourth-order valence-corrected chi connectivity index (χ4v) is 2.43. The second-order valence-corrected chi connectivity index (χ2v) is 6.39. The Kier molecular flexibility index (Phi) is 7.33. The lowest BCUT2D eigenvalue weighted by Crippen LogP contribution is -2.36. The molecule has 0 saturated heterocycles. The van der Waals surface area contributed by atoms with Crippen LogP contribution >= 0.6 is 0 Å². The number of hydrogen-bond donors (Lipinski definition) is 2. The van der Waals surface area contributed by atoms with Crippen LogP contribution in [0.2, 0.25) is 0 Å². The van der Waals surface area contributed by atoms with E-state index in [1.807, 2.05) is 25.1 Å². The van der Waals surface area contributed by atoms with Crippen LogP contribution in [0.3, 0.4) is 0 Å². The van der Waals surface area contributed by atoms with E-state index < -0.39 is 11.7 Å². The van der Waals surface area contributed by atoms with E-state index in [-0.39, 0.29) is 25.6 Å². The third-order valence-electron chi connectivity index (χ3n) is 4.50. The fraction of sp³-hybridized carbons (Fsp3) is 0.381. The summed E-state index contributed by atoms with van der Waals surface area (Å²) in [6, 6.07) is 16.0. The van der Waals surface area contributed by atoms with Gasteiger partial charge < -0.3 is 19.7 Å². The first kappa shape index (κ1) is 20.1. The van der Waals surface area contributed by atoms with Gasteiger partial charge in [0, 0.05) is 16.5 Å². The largest absolute Gasteiger partial charge is 0.465 e. The van der Waals surface area contributed by atoms with Gasteiger partial charge in [0.2, 0.25) is 0 Å². The Labute approximate surface area is 154 Å². The number of hydrogen-bond acceptors (Lipinski definition) is 5. The first-order chi connectivity index (χ1) is 12.5. The van der Waals surface area contributed by atoms with Crippen molar-refractivity contribution < 1.29 is 24.5 Å². The molecule has 0 fully saturated rings. The van der Waals surface area contributed by atoms with E-state index >= 15 is 0 Å². The number of benzene rings is 2. The molecule has 140 valence electrons. The Balaban J connectivity index is 1.93. The Morgan fingerprint density at radius 3 is 2.12 bits per heavy atom. The van der Waals surface area contributed by atoms with Gasteiger partial charge in [0.25, 0.3) is 0 Å². The van der Waals surface area contributed by atoms with E-state index in [4.69, 9.17) is 9.47 Å². The molecule has 0 aliphatic heterocycles. The number of rotatable bonds is 10. The monoisotopic (exact) mass is 358 g/mol. The van der Waals surface area contributed by atoms with Crippen molar-refractivity contribution >= 4 is 5.78 Å². The molecule has 2 N–H and O–H groups in total. The molecule has 0 radical (unpaired) electrons. The van der Waals surface area contributed by atoms with Crippen LogP contribution in [-0.2, 0) is 4.74 Å². The highest BCUT2D eigenvalue weighted by Gasteiger charge is 2.28. The zero-order valence-corrected chi connectivity index (χ0v) is 15.2. The second-order valence-electron chi connectivity index (χ2n) is 6.39. The molecule has 0 aromatic heterocycles. The maximum absolute atomic E-state index is 12.4. The van der Waals surface area contributed by atoms with Crippen molar-refractivity contribution in [2.24, 2.45) is 5.41 Å². The number of aliphatic hydroxyl groups excluding tert-OH is 2. The van der Waals surface area contributed by atoms with Gasteiger partial charge in [-0.05, 0) is 37.6 Å². The summed E-state index contributed by atoms with van der Waals surface area (Å²) >= 11 is 0. The van der Waals surface area contributed by atoms with Crippen LogP contribution in [0, 0.1) is 5.41 Å². The Hall–Kier alpha value is -2.21. The van der Waals surface area contributed by atoms with Crippen molar-refractivity contribution in [3.05, 3.63) is 65.7 Å². The van der Waals surface area contributed by atoms with E-state index in [2.05, 4.69) is 0 Å². The van der Waals surface area contributed by atoms with Gasteiger partial charge >= 0.3 is 0 Å². The summed E-state index contributed by atoms with van der Waals surface area (Å²) in [5.41, 5.74) is 0.563. The molecular formula is C21H26O5. The molecule has 1 unspecified atom stereocenters. The molecular weight excluding hydrogens is 332 g/mol. The van der Waals surface area contributed by atoms with Crippen molar-refractivity contribution in [1.82, 2.24) is 0 Å². The first-order valence-electron chi connectivity index (χ1n) is 8.73. The molecule has 0 spiro atoms. The summed E-state index contributed by atoms with van der Waals surface area (Å²) < 4.78 is 11.3. The van der Waals surface area contributed by atoms with Gasteiger partial charge in [0.15, 0.2) is 12.1 Å². The van der Waals surface area contributed by atoms with E-state index in [1.54, 1.807) is 43.3 Å². The predicted octanol–water partition coefficient (Wildman–Crippen LogP) is 3.04. The van der Waals surface area contributed by atoms with E-state index in [0.717, 1.165) is 0 Å². The molecule has 1 atom stereocenters. The molecule has 0 amide bonds. The van der Waals surface area contributed by atoms with Gasteiger partial charge in [-0.15, -0.1) is 0 Å². The maximum Gasteiger partial charge on any atom is 0.197 e. The summed E-state index contributed by atoms with van der Waals surface area (Å²) in [5, 5.41) is 18.9. The summed E-state index contributed by atoms with van der Waals surface area (Å²) in [6.07, 6.45) is 0.0536. The molecule has 0 aliphatic carbocycles. The number of carbonyl (C=O) groups excluding carboxylic acids is 1. The van der Waals surface area contributed by atoms with Crippen LogP contribution in [0.4, 0.5) is 0 Å². The molecule has 0 aliphatic rings. The minimum absolute atomic E-state index is 0.0416. The Bertz CT molecular complexity index is 669. The molecule has 0 bridgehead atoms. The number of ketones is 1. The lowest BCUT2D eigenvalue weighted by atomic mass is 9.88. The first-order valence-corrected chi connectivity index (χ1v) is 8.73. The van der Waals surface area contributed by atoms with Gasteiger partial charge in [-0.2, -0.15) is 0 Å². The van der Waals surface area contributed by atoms with Crippen LogP contribution < -0.4 is 4.74 Å². The van der Waals surface area contributed by atoms with Crippen LogP contribution in [0.15, 0.2) is 54.6 Å². The predicted molar refractivity (Wildman–Crippen MR) is 99.3 cm³/mol. The van der Waals surface area contributed by atoms with Crippen molar-refractivity contribution in [3.63, 3.8) is 0 Å². The van der Waals surface area contributed by atoms with E-state index in [1.165, 1.54) is 0 Å². The van der Waals surface area contributed by atoms with E-state index in [0.29, 0.717) is 23.3 Å². The maximum atomic E-state index is 12.4. The minimum atomic E-state index is -0.663. The van der Waals surface area contributed by atoms with Gasteiger partial charge in [-0.3, -0.25) is 4.79 Å². The average molecular weight is 358 g/mol. The smallest absolute Gasteiger partial charge is 0.197 e. The van der Waals surface area contributed by atoms with Gasteiger partial charge in [0.1, 0.15) is 5.75 Å². The Morgan fingerprint density at radius 2 is 1.58 bits per heavy atom. The Morgan fingerprint density at radius 1 is 1.00 bits per heavy atom. The minimum Gasteiger partial charge on any atom is -0.465 e. The second kappa shape index (κ2) is 9.48. The molecule has 26 heavy (non-hydrogen) atoms. The third-order valence-corrected chi connectivity index (χ3v) is 4.50. The van der Waals surface area contributed by atoms with Crippen LogP contribution in [0.5, 0.6) is 5.75 Å². The van der Waals surface area contributed by atoms with Gasteiger partial charge in [-0.1, -0.05) is 37.3 Å². The highest BCUT2D eigenvalue weighted by atomic mass is 16.7. The van der Waals surface area contributed by atoms with Crippen molar-refractivity contribution in [1.29, 1.82) is 0 Å². The van der Waals surface area contributed by atoms with Crippen LogP contribution in [0.25, 0.3) is 0 Å². The SMILES string of the molecule is CCC(CO)(CO)COC(C)Oc1ccc(C(=O)c2ccccc2)cc1. The number of ether oxygens (including phenoxy) is 2. The third kappa shape index (κ3) is 5.14. The van der Waals surface area contributed by atoms with Crippen molar-refractivity contribution in [3.8, 4) is 5.75 Å². The number of carbonyl (C=O) groups is 1. The van der Waals surface area contributed by atoms with Crippen molar-refractivity contribution in [2.45, 2.75) is 26.6 Å². The lowest BCUT2D eigenvalue weighted by molar-refractivity contribution is -0.118. The number of aliphatic hydroxyl groups is 2. The fourth-order valence-electron chi connectivity index (χ4n) is 2.43. The van der Waals surface area contributed by atoms with Gasteiger partial charge in [0.05, 0.1) is 19.8 Å². The van der Waals surface area contributed by atoms with Crippen LogP contribution in [-0.4, -0.2) is 42.1 Å².